The number of aromatic nitrogens is 2. The topological polar surface area (TPSA) is 67.3 Å². The van der Waals surface area contributed by atoms with Gasteiger partial charge >= 0.3 is 0 Å². The molecule has 3 atom stereocenters. The summed E-state index contributed by atoms with van der Waals surface area (Å²) in [4.78, 5) is 6.31. The zero-order chi connectivity index (χ0) is 16.9. The lowest BCUT2D eigenvalue weighted by atomic mass is 10.1. The molecule has 0 spiro atoms. The van der Waals surface area contributed by atoms with Gasteiger partial charge in [0.2, 0.25) is 5.89 Å². The van der Waals surface area contributed by atoms with Crippen molar-refractivity contribution in [2.24, 2.45) is 0 Å². The molecule has 132 valence electrons. The number of hydrogen-bond donors (Lipinski definition) is 1. The van der Waals surface area contributed by atoms with E-state index in [1.807, 2.05) is 12.1 Å². The van der Waals surface area contributed by atoms with E-state index in [0.717, 1.165) is 25.1 Å². The normalized spacial score (nSPS) is 23.0. The van der Waals surface area contributed by atoms with Gasteiger partial charge in [-0.15, -0.1) is 0 Å². The number of alkyl halides is 1. The Morgan fingerprint density at radius 1 is 1.50 bits per heavy atom. The monoisotopic (exact) mass is 336 g/mol. The molecule has 24 heavy (non-hydrogen) atoms. The number of rotatable bonds is 8. The van der Waals surface area contributed by atoms with Crippen molar-refractivity contribution < 1.29 is 13.3 Å². The average molecular weight is 336 g/mol. The van der Waals surface area contributed by atoms with E-state index in [2.05, 4.69) is 27.3 Å². The summed E-state index contributed by atoms with van der Waals surface area (Å²) in [6.07, 6.45) is 3.36. The van der Waals surface area contributed by atoms with E-state index in [-0.39, 0.29) is 6.04 Å². The van der Waals surface area contributed by atoms with Crippen molar-refractivity contribution in [1.29, 1.82) is 0 Å². The average Bonchev–Trinajstić information content (AvgIpc) is 3.26. The predicted molar refractivity (Wildman–Crippen MR) is 87.2 cm³/mol. The highest BCUT2D eigenvalue weighted by molar-refractivity contribution is 4.98. The first-order chi connectivity index (χ1) is 11.6. The Balaban J connectivity index is 1.45. The first-order valence-electron chi connectivity index (χ1n) is 8.53. The summed E-state index contributed by atoms with van der Waals surface area (Å²) in [5.74, 6) is 2.17. The Morgan fingerprint density at radius 2 is 2.38 bits per heavy atom. The van der Waals surface area contributed by atoms with Gasteiger partial charge in [0.05, 0.1) is 12.8 Å². The van der Waals surface area contributed by atoms with Gasteiger partial charge in [-0.2, -0.15) is 4.98 Å². The fraction of sp³-hybridized carbons (Fsp3) is 0.647. The molecule has 0 amide bonds. The van der Waals surface area contributed by atoms with Crippen LogP contribution in [0.25, 0.3) is 0 Å². The van der Waals surface area contributed by atoms with Gasteiger partial charge in [0.15, 0.2) is 5.82 Å². The first-order valence-corrected chi connectivity index (χ1v) is 8.53. The lowest BCUT2D eigenvalue weighted by molar-refractivity contribution is 0.218. The molecule has 1 aliphatic heterocycles. The fourth-order valence-corrected chi connectivity index (χ4v) is 3.17. The Bertz CT molecular complexity index is 616. The quantitative estimate of drug-likeness (QED) is 0.799. The van der Waals surface area contributed by atoms with Crippen LogP contribution in [-0.4, -0.2) is 46.4 Å². The second-order valence-electron chi connectivity index (χ2n) is 6.57. The van der Waals surface area contributed by atoms with Gasteiger partial charge in [-0.05, 0) is 31.9 Å². The molecule has 0 aliphatic carbocycles. The van der Waals surface area contributed by atoms with E-state index in [1.165, 1.54) is 0 Å². The van der Waals surface area contributed by atoms with Crippen LogP contribution < -0.4 is 5.32 Å². The molecule has 1 N–H and O–H groups in total. The van der Waals surface area contributed by atoms with Crippen molar-refractivity contribution in [1.82, 2.24) is 20.4 Å². The van der Waals surface area contributed by atoms with Crippen LogP contribution in [0.5, 0.6) is 0 Å². The van der Waals surface area contributed by atoms with Gasteiger partial charge in [0.1, 0.15) is 11.9 Å². The number of nitrogens with zero attached hydrogens (tertiary/aromatic N) is 3. The van der Waals surface area contributed by atoms with Crippen LogP contribution in [0, 0.1) is 6.92 Å². The highest BCUT2D eigenvalue weighted by Crippen LogP contribution is 2.22. The molecule has 3 rings (SSSR count). The summed E-state index contributed by atoms with van der Waals surface area (Å²) in [7, 11) is 0. The SMILES string of the molecule is Cc1nc(CN2C[C@@H](F)C[C@H]2CN[C@H](C)CCc2ccco2)no1. The van der Waals surface area contributed by atoms with Crippen LogP contribution in [-0.2, 0) is 13.0 Å². The maximum atomic E-state index is 13.8. The molecule has 2 aromatic rings. The van der Waals surface area contributed by atoms with Crippen LogP contribution in [0.4, 0.5) is 4.39 Å². The Kier molecular flexibility index (Phi) is 5.63. The maximum absolute atomic E-state index is 13.8. The minimum Gasteiger partial charge on any atom is -0.469 e. The van der Waals surface area contributed by atoms with Gasteiger partial charge < -0.3 is 14.3 Å². The maximum Gasteiger partial charge on any atom is 0.223 e. The third-order valence-electron chi connectivity index (χ3n) is 4.50. The van der Waals surface area contributed by atoms with Crippen LogP contribution in [0.15, 0.2) is 27.3 Å². The van der Waals surface area contributed by atoms with Gasteiger partial charge in [-0.3, -0.25) is 4.90 Å². The lowest BCUT2D eigenvalue weighted by Crippen LogP contribution is -2.41. The van der Waals surface area contributed by atoms with Crippen molar-refractivity contribution in [3.05, 3.63) is 35.9 Å². The van der Waals surface area contributed by atoms with Gasteiger partial charge in [-0.25, -0.2) is 4.39 Å². The van der Waals surface area contributed by atoms with E-state index in [9.17, 15) is 4.39 Å². The molecule has 0 unspecified atom stereocenters. The highest BCUT2D eigenvalue weighted by Gasteiger charge is 2.32. The van der Waals surface area contributed by atoms with E-state index < -0.39 is 6.17 Å². The molecule has 2 aromatic heterocycles. The minimum absolute atomic E-state index is 0.157. The number of hydrogen-bond acceptors (Lipinski definition) is 6. The molecule has 0 bridgehead atoms. The summed E-state index contributed by atoms with van der Waals surface area (Å²) < 4.78 is 24.2. The van der Waals surface area contributed by atoms with Crippen LogP contribution in [0.1, 0.15) is 37.2 Å². The molecule has 0 saturated carbocycles. The smallest absolute Gasteiger partial charge is 0.223 e. The van der Waals surface area contributed by atoms with Gasteiger partial charge in [-0.1, -0.05) is 5.16 Å². The molecule has 0 aromatic carbocycles. The molecule has 0 radical (unpaired) electrons. The van der Waals surface area contributed by atoms with Crippen molar-refractivity contribution in [2.45, 2.75) is 57.9 Å². The summed E-state index contributed by atoms with van der Waals surface area (Å²) in [5, 5.41) is 7.43. The number of furan rings is 1. The van der Waals surface area contributed by atoms with Crippen molar-refractivity contribution in [3.8, 4) is 0 Å². The Hall–Kier alpha value is -1.73. The first kappa shape index (κ1) is 17.1. The summed E-state index contributed by atoms with van der Waals surface area (Å²) >= 11 is 0. The minimum atomic E-state index is -0.789. The molecule has 3 heterocycles. The van der Waals surface area contributed by atoms with Gasteiger partial charge in [0.25, 0.3) is 0 Å². The molecule has 1 aliphatic rings. The Labute approximate surface area is 141 Å². The Morgan fingerprint density at radius 3 is 3.08 bits per heavy atom. The molecule has 7 heteroatoms. The predicted octanol–water partition coefficient (Wildman–Crippen LogP) is 2.49. The number of likely N-dealkylation sites (tertiary alicyclic amines) is 1. The third kappa shape index (κ3) is 4.64. The zero-order valence-corrected chi connectivity index (χ0v) is 14.2. The summed E-state index contributed by atoms with van der Waals surface area (Å²) in [6.45, 7) is 5.64. The lowest BCUT2D eigenvalue weighted by Gasteiger charge is -2.24. The van der Waals surface area contributed by atoms with E-state index in [4.69, 9.17) is 8.94 Å². The van der Waals surface area contributed by atoms with Crippen molar-refractivity contribution >= 4 is 0 Å². The van der Waals surface area contributed by atoms with Crippen molar-refractivity contribution in [2.75, 3.05) is 13.1 Å². The molecule has 1 fully saturated rings. The molecular weight excluding hydrogens is 311 g/mol. The van der Waals surface area contributed by atoms with E-state index in [1.54, 1.807) is 13.2 Å². The molecular formula is C17H25FN4O2. The van der Waals surface area contributed by atoms with Crippen LogP contribution in [0.3, 0.4) is 0 Å². The number of halogens is 1. The molecule has 1 saturated heterocycles. The third-order valence-corrected chi connectivity index (χ3v) is 4.50. The largest absolute Gasteiger partial charge is 0.469 e. The van der Waals surface area contributed by atoms with E-state index >= 15 is 0 Å². The number of nitrogens with one attached hydrogen (secondary N) is 1. The molecule has 6 nitrogen and oxygen atoms in total. The van der Waals surface area contributed by atoms with Gasteiger partial charge in [0, 0.05) is 38.5 Å². The second kappa shape index (κ2) is 7.90. The van der Waals surface area contributed by atoms with Crippen LogP contribution >= 0.6 is 0 Å². The summed E-state index contributed by atoms with van der Waals surface area (Å²) in [6, 6.07) is 4.41. The highest BCUT2D eigenvalue weighted by atomic mass is 19.1. The van der Waals surface area contributed by atoms with Crippen molar-refractivity contribution in [3.63, 3.8) is 0 Å². The summed E-state index contributed by atoms with van der Waals surface area (Å²) in [5.41, 5.74) is 0. The standard InChI is InChI=1S/C17H25FN4O2/c1-12(5-6-16-4-3-7-23-16)19-9-15-8-14(18)10-22(15)11-17-20-13(2)24-21-17/h3-4,7,12,14-15,19H,5-6,8-11H2,1-2H3/t12-,14+,15+/m1/s1. The van der Waals surface area contributed by atoms with Crippen LogP contribution in [0.2, 0.25) is 0 Å². The second-order valence-corrected chi connectivity index (χ2v) is 6.57. The fourth-order valence-electron chi connectivity index (χ4n) is 3.17. The van der Waals surface area contributed by atoms with E-state index in [0.29, 0.717) is 37.3 Å². The zero-order valence-electron chi connectivity index (χ0n) is 14.2. The number of aryl methyl sites for hydroxylation is 2.